The summed E-state index contributed by atoms with van der Waals surface area (Å²) in [7, 11) is 0. The summed E-state index contributed by atoms with van der Waals surface area (Å²) in [5, 5.41) is 9.52. The van der Waals surface area contributed by atoms with Gasteiger partial charge in [0, 0.05) is 11.4 Å². The van der Waals surface area contributed by atoms with Crippen molar-refractivity contribution in [1.82, 2.24) is 20.9 Å². The van der Waals surface area contributed by atoms with Crippen LogP contribution in [0.15, 0.2) is 47.8 Å². The summed E-state index contributed by atoms with van der Waals surface area (Å²) in [5.74, 6) is -1.21. The minimum atomic E-state index is -1.20. The van der Waals surface area contributed by atoms with Gasteiger partial charge < -0.3 is 10.6 Å². The van der Waals surface area contributed by atoms with Crippen LogP contribution in [0.1, 0.15) is 36.6 Å². The van der Waals surface area contributed by atoms with E-state index in [1.807, 2.05) is 30.5 Å². The molecule has 31 heavy (non-hydrogen) atoms. The highest BCUT2D eigenvalue weighted by atomic mass is 32.1. The molecule has 0 aliphatic carbocycles. The Balaban J connectivity index is 1.60. The van der Waals surface area contributed by atoms with Crippen LogP contribution in [0.4, 0.5) is 9.59 Å². The van der Waals surface area contributed by atoms with E-state index in [1.54, 1.807) is 35.6 Å². The maximum Gasteiger partial charge on any atom is 0.325 e. The number of amides is 6. The average molecular weight is 443 g/mol. The molecule has 1 aromatic heterocycles. The fourth-order valence-corrected chi connectivity index (χ4v) is 4.26. The molecule has 1 aromatic carbocycles. The van der Waals surface area contributed by atoms with Crippen LogP contribution in [-0.4, -0.2) is 41.9 Å². The molecule has 0 saturated carbocycles. The minimum absolute atomic E-state index is 0.372. The van der Waals surface area contributed by atoms with Gasteiger partial charge in [0.1, 0.15) is 12.1 Å². The van der Waals surface area contributed by atoms with Crippen molar-refractivity contribution in [3.05, 3.63) is 58.3 Å². The number of nitrogens with zero attached hydrogens (tertiary/aromatic N) is 1. The summed E-state index contributed by atoms with van der Waals surface area (Å²) in [6.07, 6.45) is 2.67. The number of carbonyl (C=O) groups is 4. The Morgan fingerprint density at radius 1 is 1.13 bits per heavy atom. The van der Waals surface area contributed by atoms with Crippen LogP contribution >= 0.6 is 11.3 Å². The molecule has 0 bridgehead atoms. The number of hydrogen-bond donors (Lipinski definition) is 3. The second-order valence-corrected chi connectivity index (χ2v) is 8.36. The Kier molecular flexibility index (Phi) is 7.41. The zero-order valence-electron chi connectivity index (χ0n) is 17.3. The van der Waals surface area contributed by atoms with Crippen LogP contribution in [-0.2, 0) is 21.5 Å². The standard InChI is InChI=1S/C22H26N4O4S/c1-2-3-12-22(16-8-5-4-6-9-16)19(28)26(21(30)25-22)15-18(27)24-20(29)23-13-11-17-10-7-14-31-17/h4-10,14H,2-3,11-13,15H2,1H3,(H,25,30)(H2,23,24,27,29). The van der Waals surface area contributed by atoms with Gasteiger partial charge in [-0.25, -0.2) is 9.59 Å². The van der Waals surface area contributed by atoms with E-state index in [0.29, 0.717) is 24.9 Å². The molecule has 1 aliphatic heterocycles. The number of urea groups is 2. The zero-order chi connectivity index (χ0) is 22.3. The largest absolute Gasteiger partial charge is 0.337 e. The van der Waals surface area contributed by atoms with Gasteiger partial charge in [-0.2, -0.15) is 0 Å². The lowest BCUT2D eigenvalue weighted by Gasteiger charge is -2.27. The van der Waals surface area contributed by atoms with Crippen molar-refractivity contribution in [3.8, 4) is 0 Å². The lowest BCUT2D eigenvalue weighted by atomic mass is 9.85. The van der Waals surface area contributed by atoms with Gasteiger partial charge in [-0.15, -0.1) is 11.3 Å². The predicted molar refractivity (Wildman–Crippen MR) is 117 cm³/mol. The molecule has 3 N–H and O–H groups in total. The second kappa shape index (κ2) is 10.2. The Morgan fingerprint density at radius 2 is 1.90 bits per heavy atom. The Bertz CT molecular complexity index is 932. The van der Waals surface area contributed by atoms with E-state index in [2.05, 4.69) is 16.0 Å². The molecule has 1 fully saturated rings. The summed E-state index contributed by atoms with van der Waals surface area (Å²) in [5.41, 5.74) is -0.520. The van der Waals surface area contributed by atoms with Crippen LogP contribution in [0.25, 0.3) is 0 Å². The molecule has 8 nitrogen and oxygen atoms in total. The van der Waals surface area contributed by atoms with E-state index in [9.17, 15) is 19.2 Å². The molecule has 2 heterocycles. The number of hydrogen-bond acceptors (Lipinski definition) is 5. The third-order valence-corrected chi connectivity index (χ3v) is 6.08. The number of imide groups is 2. The Hall–Kier alpha value is -3.20. The van der Waals surface area contributed by atoms with Crippen LogP contribution in [0.3, 0.4) is 0 Å². The zero-order valence-corrected chi connectivity index (χ0v) is 18.2. The van der Waals surface area contributed by atoms with Crippen LogP contribution in [0.2, 0.25) is 0 Å². The molecule has 0 spiro atoms. The van der Waals surface area contributed by atoms with E-state index >= 15 is 0 Å². The average Bonchev–Trinajstić information content (AvgIpc) is 3.36. The maximum absolute atomic E-state index is 13.2. The van der Waals surface area contributed by atoms with Crippen molar-refractivity contribution in [2.75, 3.05) is 13.1 Å². The fraction of sp³-hybridized carbons (Fsp3) is 0.364. The molecular weight excluding hydrogens is 416 g/mol. The third-order valence-electron chi connectivity index (χ3n) is 5.14. The second-order valence-electron chi connectivity index (χ2n) is 7.33. The minimum Gasteiger partial charge on any atom is -0.337 e. The first-order valence-electron chi connectivity index (χ1n) is 10.3. The topological polar surface area (TPSA) is 108 Å². The highest BCUT2D eigenvalue weighted by Crippen LogP contribution is 2.34. The summed E-state index contributed by atoms with van der Waals surface area (Å²) in [6, 6.07) is 11.6. The number of benzene rings is 1. The third kappa shape index (κ3) is 5.29. The lowest BCUT2D eigenvalue weighted by molar-refractivity contribution is -0.135. The smallest absolute Gasteiger partial charge is 0.325 e. The summed E-state index contributed by atoms with van der Waals surface area (Å²) >= 11 is 1.59. The van der Waals surface area contributed by atoms with E-state index < -0.39 is 36.0 Å². The Morgan fingerprint density at radius 3 is 2.58 bits per heavy atom. The number of unbranched alkanes of at least 4 members (excludes halogenated alkanes) is 1. The van der Waals surface area contributed by atoms with Gasteiger partial charge in [-0.05, 0) is 29.9 Å². The molecule has 1 atom stereocenters. The lowest BCUT2D eigenvalue weighted by Crippen LogP contribution is -2.47. The van der Waals surface area contributed by atoms with Gasteiger partial charge in [0.2, 0.25) is 5.91 Å². The molecule has 164 valence electrons. The molecule has 0 radical (unpaired) electrons. The normalized spacial score (nSPS) is 18.0. The first kappa shape index (κ1) is 22.5. The van der Waals surface area contributed by atoms with Crippen molar-refractivity contribution < 1.29 is 19.2 Å². The van der Waals surface area contributed by atoms with Crippen molar-refractivity contribution in [2.45, 2.75) is 38.1 Å². The van der Waals surface area contributed by atoms with Crippen molar-refractivity contribution in [3.63, 3.8) is 0 Å². The number of nitrogens with one attached hydrogen (secondary N) is 3. The molecule has 1 saturated heterocycles. The van der Waals surface area contributed by atoms with E-state index in [1.165, 1.54) is 0 Å². The summed E-state index contributed by atoms with van der Waals surface area (Å²) in [6.45, 7) is 1.85. The summed E-state index contributed by atoms with van der Waals surface area (Å²) < 4.78 is 0. The quantitative estimate of drug-likeness (QED) is 0.519. The van der Waals surface area contributed by atoms with Crippen molar-refractivity contribution in [1.29, 1.82) is 0 Å². The molecule has 6 amide bonds. The SMILES string of the molecule is CCCCC1(c2ccccc2)NC(=O)N(CC(=O)NC(=O)NCCc2cccs2)C1=O. The number of thiophene rings is 1. The van der Waals surface area contributed by atoms with Gasteiger partial charge in [-0.1, -0.05) is 56.2 Å². The van der Waals surface area contributed by atoms with Gasteiger partial charge in [0.25, 0.3) is 5.91 Å². The van der Waals surface area contributed by atoms with Crippen LogP contribution in [0.5, 0.6) is 0 Å². The van der Waals surface area contributed by atoms with Crippen molar-refractivity contribution >= 4 is 35.2 Å². The highest BCUT2D eigenvalue weighted by Gasteiger charge is 2.52. The van der Waals surface area contributed by atoms with E-state index in [0.717, 1.165) is 22.6 Å². The maximum atomic E-state index is 13.2. The van der Waals surface area contributed by atoms with Gasteiger partial charge in [0.05, 0.1) is 0 Å². The van der Waals surface area contributed by atoms with Crippen LogP contribution in [0, 0.1) is 0 Å². The van der Waals surface area contributed by atoms with Gasteiger partial charge >= 0.3 is 12.1 Å². The molecule has 2 aromatic rings. The molecule has 1 aliphatic rings. The molecular formula is C22H26N4O4S. The molecule has 3 rings (SSSR count). The Labute approximate surface area is 185 Å². The van der Waals surface area contributed by atoms with Crippen LogP contribution < -0.4 is 16.0 Å². The first-order chi connectivity index (χ1) is 15.0. The van der Waals surface area contributed by atoms with Gasteiger partial charge in [-0.3, -0.25) is 19.8 Å². The molecule has 1 unspecified atom stereocenters. The monoisotopic (exact) mass is 442 g/mol. The van der Waals surface area contributed by atoms with Crippen molar-refractivity contribution in [2.24, 2.45) is 0 Å². The predicted octanol–water partition coefficient (Wildman–Crippen LogP) is 2.75. The molecule has 9 heteroatoms. The number of rotatable bonds is 9. The number of carbonyl (C=O) groups excluding carboxylic acids is 4. The van der Waals surface area contributed by atoms with E-state index in [4.69, 9.17) is 0 Å². The fourth-order valence-electron chi connectivity index (χ4n) is 3.55. The van der Waals surface area contributed by atoms with Gasteiger partial charge in [0.15, 0.2) is 0 Å². The highest BCUT2D eigenvalue weighted by molar-refractivity contribution is 7.09. The van der Waals surface area contributed by atoms with E-state index in [-0.39, 0.29) is 0 Å². The first-order valence-corrected chi connectivity index (χ1v) is 11.1. The summed E-state index contributed by atoms with van der Waals surface area (Å²) in [4.78, 5) is 52.1.